The Bertz CT molecular complexity index is 521. The summed E-state index contributed by atoms with van der Waals surface area (Å²) in [5.74, 6) is -0.493. The molecule has 160 valence electrons. The molecule has 2 fully saturated rings. The lowest BCUT2D eigenvalue weighted by Gasteiger charge is -2.29. The summed E-state index contributed by atoms with van der Waals surface area (Å²) in [4.78, 5) is 36.0. The molecule has 2 rings (SSSR count). The number of rotatable bonds is 9. The second kappa shape index (κ2) is 11.4. The quantitative estimate of drug-likeness (QED) is 0.558. The minimum absolute atomic E-state index is 0.0398. The lowest BCUT2D eigenvalue weighted by atomic mass is 9.84. The number of carboxylic acids is 1. The highest BCUT2D eigenvalue weighted by atomic mass is 16.4. The van der Waals surface area contributed by atoms with Gasteiger partial charge < -0.3 is 15.7 Å². The third kappa shape index (κ3) is 7.80. The van der Waals surface area contributed by atoms with Crippen molar-refractivity contribution in [3.63, 3.8) is 0 Å². The van der Waals surface area contributed by atoms with Gasteiger partial charge in [0, 0.05) is 24.9 Å². The molecule has 0 aromatic heterocycles. The average Bonchev–Trinajstić information content (AvgIpc) is 2.65. The molecule has 2 amide bonds. The van der Waals surface area contributed by atoms with E-state index in [0.717, 1.165) is 25.7 Å². The summed E-state index contributed by atoms with van der Waals surface area (Å²) in [6.07, 6.45) is 10.5. The van der Waals surface area contributed by atoms with Crippen molar-refractivity contribution in [2.75, 3.05) is 6.54 Å². The number of carbonyl (C=O) groups excluding carboxylic acids is 2. The summed E-state index contributed by atoms with van der Waals surface area (Å²) in [6.45, 7) is 4.17. The summed E-state index contributed by atoms with van der Waals surface area (Å²) < 4.78 is 0. The Morgan fingerprint density at radius 2 is 1.61 bits per heavy atom. The molecular formula is C22H38N2O4. The second-order valence-electron chi connectivity index (χ2n) is 9.23. The Labute approximate surface area is 169 Å². The van der Waals surface area contributed by atoms with Crippen LogP contribution in [0.5, 0.6) is 0 Å². The van der Waals surface area contributed by atoms with Crippen molar-refractivity contribution in [3.8, 4) is 0 Å². The van der Waals surface area contributed by atoms with Crippen LogP contribution in [0.25, 0.3) is 0 Å². The minimum atomic E-state index is -0.849. The highest BCUT2D eigenvalue weighted by Crippen LogP contribution is 2.28. The Kier molecular flexibility index (Phi) is 9.26. The van der Waals surface area contributed by atoms with E-state index < -0.39 is 11.9 Å². The Morgan fingerprint density at radius 3 is 2.18 bits per heavy atom. The first-order valence-corrected chi connectivity index (χ1v) is 11.1. The van der Waals surface area contributed by atoms with Crippen molar-refractivity contribution in [3.05, 3.63) is 0 Å². The van der Waals surface area contributed by atoms with E-state index in [4.69, 9.17) is 0 Å². The standard InChI is InChI=1S/C22H38N2O4/c1-15(2)12-18(22(27)28)14-23-21(26)17-8-10-19(11-9-17)24-20(25)13-16-6-4-3-5-7-16/h15-19H,3-14H2,1-2H3,(H,23,26)(H,24,25)(H,27,28). The highest BCUT2D eigenvalue weighted by molar-refractivity contribution is 5.80. The van der Waals surface area contributed by atoms with Gasteiger partial charge in [0.1, 0.15) is 0 Å². The maximum Gasteiger partial charge on any atom is 0.308 e. The van der Waals surface area contributed by atoms with Crippen molar-refractivity contribution in [1.29, 1.82) is 0 Å². The van der Waals surface area contributed by atoms with E-state index in [1.807, 2.05) is 13.8 Å². The van der Waals surface area contributed by atoms with Crippen LogP contribution in [0.4, 0.5) is 0 Å². The van der Waals surface area contributed by atoms with Crippen LogP contribution in [0, 0.1) is 23.7 Å². The van der Waals surface area contributed by atoms with Crippen molar-refractivity contribution in [2.45, 2.75) is 90.5 Å². The first-order valence-electron chi connectivity index (χ1n) is 11.1. The number of nitrogens with one attached hydrogen (secondary N) is 2. The molecule has 1 atom stereocenters. The van der Waals surface area contributed by atoms with Crippen molar-refractivity contribution < 1.29 is 19.5 Å². The van der Waals surface area contributed by atoms with Crippen LogP contribution in [0.2, 0.25) is 0 Å². The molecule has 6 heteroatoms. The monoisotopic (exact) mass is 394 g/mol. The van der Waals surface area contributed by atoms with Gasteiger partial charge in [-0.3, -0.25) is 14.4 Å². The van der Waals surface area contributed by atoms with E-state index in [-0.39, 0.29) is 36.2 Å². The van der Waals surface area contributed by atoms with Gasteiger partial charge in [0.25, 0.3) is 0 Å². The molecule has 0 spiro atoms. The summed E-state index contributed by atoms with van der Waals surface area (Å²) in [5.41, 5.74) is 0. The fourth-order valence-electron chi connectivity index (χ4n) is 4.65. The molecule has 0 aromatic carbocycles. The molecule has 2 aliphatic carbocycles. The molecule has 28 heavy (non-hydrogen) atoms. The average molecular weight is 395 g/mol. The second-order valence-corrected chi connectivity index (χ2v) is 9.23. The maximum atomic E-state index is 12.4. The van der Waals surface area contributed by atoms with Gasteiger partial charge in [-0.25, -0.2) is 0 Å². The number of amides is 2. The number of hydrogen-bond acceptors (Lipinski definition) is 3. The molecule has 1 unspecified atom stereocenters. The van der Waals surface area contributed by atoms with Crippen LogP contribution in [0.3, 0.4) is 0 Å². The normalized spacial score (nSPS) is 24.5. The van der Waals surface area contributed by atoms with Crippen LogP contribution >= 0.6 is 0 Å². The minimum Gasteiger partial charge on any atom is -0.481 e. The van der Waals surface area contributed by atoms with Crippen LogP contribution in [-0.2, 0) is 14.4 Å². The number of hydrogen-bond donors (Lipinski definition) is 3. The van der Waals surface area contributed by atoms with Gasteiger partial charge in [-0.2, -0.15) is 0 Å². The molecule has 2 aliphatic rings. The fourth-order valence-corrected chi connectivity index (χ4v) is 4.65. The summed E-state index contributed by atoms with van der Waals surface area (Å²) >= 11 is 0. The molecule has 2 saturated carbocycles. The van der Waals surface area contributed by atoms with E-state index in [1.165, 1.54) is 32.1 Å². The van der Waals surface area contributed by atoms with Gasteiger partial charge in [0.05, 0.1) is 5.92 Å². The maximum absolute atomic E-state index is 12.4. The summed E-state index contributed by atoms with van der Waals surface area (Å²) in [6, 6.07) is 0.174. The first-order chi connectivity index (χ1) is 13.3. The van der Waals surface area contributed by atoms with Gasteiger partial charge in [-0.15, -0.1) is 0 Å². The Hall–Kier alpha value is -1.59. The Morgan fingerprint density at radius 1 is 0.964 bits per heavy atom. The lowest BCUT2D eigenvalue weighted by molar-refractivity contribution is -0.142. The molecule has 0 saturated heterocycles. The zero-order valence-electron chi connectivity index (χ0n) is 17.5. The highest BCUT2D eigenvalue weighted by Gasteiger charge is 2.29. The molecule has 6 nitrogen and oxygen atoms in total. The van der Waals surface area contributed by atoms with E-state index in [1.54, 1.807) is 0 Å². The smallest absolute Gasteiger partial charge is 0.308 e. The zero-order valence-corrected chi connectivity index (χ0v) is 17.5. The molecule has 3 N–H and O–H groups in total. The molecule has 0 aromatic rings. The van der Waals surface area contributed by atoms with Gasteiger partial charge >= 0.3 is 5.97 Å². The Balaban J connectivity index is 1.67. The topological polar surface area (TPSA) is 95.5 Å². The number of carbonyl (C=O) groups is 3. The predicted octanol–water partition coefficient (Wildman–Crippen LogP) is 3.49. The van der Waals surface area contributed by atoms with E-state index in [9.17, 15) is 19.5 Å². The molecule has 0 aliphatic heterocycles. The van der Waals surface area contributed by atoms with Crippen molar-refractivity contribution >= 4 is 17.8 Å². The SMILES string of the molecule is CC(C)CC(CNC(=O)C1CCC(NC(=O)CC2CCCCC2)CC1)C(=O)O. The largest absolute Gasteiger partial charge is 0.481 e. The van der Waals surface area contributed by atoms with Crippen LogP contribution in [0.15, 0.2) is 0 Å². The molecule has 0 radical (unpaired) electrons. The van der Waals surface area contributed by atoms with E-state index in [0.29, 0.717) is 18.8 Å². The number of aliphatic carboxylic acids is 1. The van der Waals surface area contributed by atoms with E-state index >= 15 is 0 Å². The van der Waals surface area contributed by atoms with Crippen molar-refractivity contribution in [2.24, 2.45) is 23.7 Å². The fraction of sp³-hybridized carbons (Fsp3) is 0.864. The van der Waals surface area contributed by atoms with E-state index in [2.05, 4.69) is 10.6 Å². The van der Waals surface area contributed by atoms with Crippen LogP contribution in [0.1, 0.15) is 84.5 Å². The first kappa shape index (κ1) is 22.7. The molecular weight excluding hydrogens is 356 g/mol. The predicted molar refractivity (Wildman–Crippen MR) is 109 cm³/mol. The van der Waals surface area contributed by atoms with Crippen LogP contribution in [-0.4, -0.2) is 35.5 Å². The summed E-state index contributed by atoms with van der Waals surface area (Å²) in [5, 5.41) is 15.3. The van der Waals surface area contributed by atoms with Gasteiger partial charge in [-0.05, 0) is 56.8 Å². The van der Waals surface area contributed by atoms with Crippen LogP contribution < -0.4 is 10.6 Å². The lowest BCUT2D eigenvalue weighted by Crippen LogP contribution is -2.42. The van der Waals surface area contributed by atoms with Gasteiger partial charge in [0.15, 0.2) is 0 Å². The molecule has 0 heterocycles. The molecule has 0 bridgehead atoms. The number of carboxylic acid groups (broad SMARTS) is 1. The third-order valence-electron chi connectivity index (χ3n) is 6.29. The third-order valence-corrected chi connectivity index (χ3v) is 6.29. The summed E-state index contributed by atoms with van der Waals surface area (Å²) in [7, 11) is 0. The van der Waals surface area contributed by atoms with Crippen molar-refractivity contribution in [1.82, 2.24) is 10.6 Å². The zero-order chi connectivity index (χ0) is 20.5. The van der Waals surface area contributed by atoms with Gasteiger partial charge in [-0.1, -0.05) is 33.1 Å². The van der Waals surface area contributed by atoms with Gasteiger partial charge in [0.2, 0.25) is 11.8 Å².